The Hall–Kier alpha value is -1.82. The molecule has 0 unspecified atom stereocenters. The molecule has 21 heavy (non-hydrogen) atoms. The number of thiazole rings is 1. The van der Waals surface area contributed by atoms with E-state index >= 15 is 0 Å². The number of nitrogens with zero attached hydrogens (tertiary/aromatic N) is 2. The van der Waals surface area contributed by atoms with E-state index in [1.807, 2.05) is 44.7 Å². The second-order valence-electron chi connectivity index (χ2n) is 5.35. The van der Waals surface area contributed by atoms with Gasteiger partial charge in [0.2, 0.25) is 5.91 Å². The predicted octanol–water partition coefficient (Wildman–Crippen LogP) is 2.54. The van der Waals surface area contributed by atoms with Crippen molar-refractivity contribution in [3.63, 3.8) is 0 Å². The van der Waals surface area contributed by atoms with Gasteiger partial charge in [-0.2, -0.15) is 0 Å². The zero-order valence-electron chi connectivity index (χ0n) is 12.9. The number of likely N-dealkylation sites (N-methyl/N-ethyl adjacent to an activating group) is 1. The van der Waals surface area contributed by atoms with Gasteiger partial charge in [0, 0.05) is 12.6 Å². The number of carbonyl (C=O) groups excluding carboxylic acids is 1. The summed E-state index contributed by atoms with van der Waals surface area (Å²) in [6.45, 7) is 8.91. The Balaban J connectivity index is 2.28. The van der Waals surface area contributed by atoms with E-state index in [-0.39, 0.29) is 11.9 Å². The van der Waals surface area contributed by atoms with Crippen LogP contribution in [0.15, 0.2) is 12.1 Å². The number of benzene rings is 1. The summed E-state index contributed by atoms with van der Waals surface area (Å²) in [6.07, 6.45) is 0. The number of hydrogen-bond donors (Lipinski definition) is 2. The maximum absolute atomic E-state index is 12.0. The highest BCUT2D eigenvalue weighted by Crippen LogP contribution is 2.31. The van der Waals surface area contributed by atoms with Crippen molar-refractivity contribution in [2.75, 3.05) is 23.7 Å². The van der Waals surface area contributed by atoms with E-state index in [0.717, 1.165) is 20.9 Å². The van der Waals surface area contributed by atoms with Gasteiger partial charge in [-0.1, -0.05) is 0 Å². The van der Waals surface area contributed by atoms with Gasteiger partial charge in [-0.25, -0.2) is 4.98 Å². The quantitative estimate of drug-likeness (QED) is 0.833. The van der Waals surface area contributed by atoms with E-state index in [4.69, 9.17) is 5.73 Å². The van der Waals surface area contributed by atoms with Crippen molar-refractivity contribution in [1.82, 2.24) is 10.3 Å². The number of aromatic nitrogens is 1. The Morgan fingerprint density at radius 1 is 1.48 bits per heavy atom. The lowest BCUT2D eigenvalue weighted by Crippen LogP contribution is -2.40. The van der Waals surface area contributed by atoms with Crippen LogP contribution in [-0.2, 0) is 4.79 Å². The van der Waals surface area contributed by atoms with Crippen molar-refractivity contribution in [2.24, 2.45) is 0 Å². The lowest BCUT2D eigenvalue weighted by atomic mass is 10.2. The summed E-state index contributed by atoms with van der Waals surface area (Å²) in [4.78, 5) is 18.4. The first-order valence-electron chi connectivity index (χ1n) is 7.11. The molecule has 1 aromatic heterocycles. The Labute approximate surface area is 129 Å². The molecule has 0 fully saturated rings. The van der Waals surface area contributed by atoms with Gasteiger partial charge in [-0.15, -0.1) is 11.3 Å². The number of amides is 1. The zero-order chi connectivity index (χ0) is 15.6. The fraction of sp³-hybridized carbons (Fsp3) is 0.467. The maximum Gasteiger partial charge on any atom is 0.239 e. The van der Waals surface area contributed by atoms with Gasteiger partial charge >= 0.3 is 0 Å². The summed E-state index contributed by atoms with van der Waals surface area (Å²) in [7, 11) is 0. The smallest absolute Gasteiger partial charge is 0.239 e. The van der Waals surface area contributed by atoms with Crippen LogP contribution in [0.2, 0.25) is 0 Å². The number of hydrogen-bond acceptors (Lipinski definition) is 5. The molecular weight excluding hydrogens is 284 g/mol. The SMILES string of the molecule is CCN(CC(=O)NC(C)C)c1cc2nc(C)sc2cc1N. The van der Waals surface area contributed by atoms with Crippen molar-refractivity contribution < 1.29 is 4.79 Å². The highest BCUT2D eigenvalue weighted by atomic mass is 32.1. The van der Waals surface area contributed by atoms with Crippen molar-refractivity contribution in [3.8, 4) is 0 Å². The van der Waals surface area contributed by atoms with Crippen molar-refractivity contribution in [1.29, 1.82) is 0 Å². The monoisotopic (exact) mass is 306 g/mol. The molecule has 0 aliphatic heterocycles. The first-order valence-corrected chi connectivity index (χ1v) is 7.93. The molecule has 0 saturated carbocycles. The number of nitrogens with one attached hydrogen (secondary N) is 1. The van der Waals surface area contributed by atoms with Gasteiger partial charge in [-0.05, 0) is 39.8 Å². The summed E-state index contributed by atoms with van der Waals surface area (Å²) < 4.78 is 1.08. The molecule has 114 valence electrons. The van der Waals surface area contributed by atoms with Gasteiger partial charge in [0.1, 0.15) is 0 Å². The van der Waals surface area contributed by atoms with Crippen LogP contribution in [0.5, 0.6) is 0 Å². The van der Waals surface area contributed by atoms with Crippen molar-refractivity contribution in [2.45, 2.75) is 33.7 Å². The van der Waals surface area contributed by atoms with Gasteiger partial charge in [-0.3, -0.25) is 4.79 Å². The first kappa shape index (κ1) is 15.6. The molecule has 2 rings (SSSR count). The van der Waals surface area contributed by atoms with E-state index in [1.54, 1.807) is 11.3 Å². The molecule has 2 aromatic rings. The molecule has 0 spiro atoms. The molecule has 6 heteroatoms. The number of nitrogens with two attached hydrogens (primary N) is 1. The summed E-state index contributed by atoms with van der Waals surface area (Å²) in [6, 6.07) is 4.05. The molecule has 1 aromatic carbocycles. The molecule has 1 amide bonds. The van der Waals surface area contributed by atoms with Crippen LogP contribution in [-0.4, -0.2) is 30.0 Å². The minimum atomic E-state index is 0.000746. The number of carbonyl (C=O) groups is 1. The highest BCUT2D eigenvalue weighted by Gasteiger charge is 2.15. The maximum atomic E-state index is 12.0. The largest absolute Gasteiger partial charge is 0.397 e. The van der Waals surface area contributed by atoms with Crippen LogP contribution >= 0.6 is 11.3 Å². The van der Waals surface area contributed by atoms with E-state index in [9.17, 15) is 4.79 Å². The molecule has 0 bridgehead atoms. The van der Waals surface area contributed by atoms with Crippen LogP contribution in [0.3, 0.4) is 0 Å². The second kappa shape index (κ2) is 6.30. The Kier molecular flexibility index (Phi) is 4.67. The Bertz CT molecular complexity index is 650. The summed E-state index contributed by atoms with van der Waals surface area (Å²) in [5.74, 6) is 0.000746. The van der Waals surface area contributed by atoms with Crippen LogP contribution in [0.25, 0.3) is 10.2 Å². The fourth-order valence-electron chi connectivity index (χ4n) is 2.28. The minimum Gasteiger partial charge on any atom is -0.397 e. The number of anilines is 2. The molecule has 0 radical (unpaired) electrons. The average Bonchev–Trinajstić information content (AvgIpc) is 2.73. The summed E-state index contributed by atoms with van der Waals surface area (Å²) in [5, 5.41) is 3.92. The third-order valence-electron chi connectivity index (χ3n) is 3.15. The van der Waals surface area contributed by atoms with E-state index < -0.39 is 0 Å². The van der Waals surface area contributed by atoms with Gasteiger partial charge < -0.3 is 16.0 Å². The highest BCUT2D eigenvalue weighted by molar-refractivity contribution is 7.18. The van der Waals surface area contributed by atoms with Crippen LogP contribution < -0.4 is 16.0 Å². The second-order valence-corrected chi connectivity index (χ2v) is 6.58. The lowest BCUT2D eigenvalue weighted by molar-refractivity contribution is -0.120. The first-order chi connectivity index (χ1) is 9.90. The van der Waals surface area contributed by atoms with Crippen LogP contribution in [0.4, 0.5) is 11.4 Å². The Morgan fingerprint density at radius 3 is 2.81 bits per heavy atom. The van der Waals surface area contributed by atoms with E-state index in [1.165, 1.54) is 0 Å². The number of aryl methyl sites for hydroxylation is 1. The normalized spacial score (nSPS) is 11.1. The van der Waals surface area contributed by atoms with Gasteiger partial charge in [0.25, 0.3) is 0 Å². The van der Waals surface area contributed by atoms with Crippen LogP contribution in [0.1, 0.15) is 25.8 Å². The fourth-order valence-corrected chi connectivity index (χ4v) is 3.13. The third kappa shape index (κ3) is 3.64. The molecule has 0 aliphatic rings. The summed E-state index contributed by atoms with van der Waals surface area (Å²) >= 11 is 1.63. The number of fused-ring (bicyclic) bond motifs is 1. The van der Waals surface area contributed by atoms with Gasteiger partial charge in [0.15, 0.2) is 0 Å². The molecule has 0 saturated heterocycles. The molecule has 0 aliphatic carbocycles. The molecule has 1 heterocycles. The van der Waals surface area contributed by atoms with Crippen LogP contribution in [0, 0.1) is 6.92 Å². The molecular formula is C15H22N4OS. The topological polar surface area (TPSA) is 71.2 Å². The van der Waals surface area contributed by atoms with Gasteiger partial charge in [0.05, 0.1) is 33.1 Å². The molecule has 0 atom stereocenters. The standard InChI is InChI=1S/C15H22N4OS/c1-5-19(8-15(20)17-9(2)3)13-7-12-14(6-11(13)16)21-10(4)18-12/h6-7,9H,5,8,16H2,1-4H3,(H,17,20). The minimum absolute atomic E-state index is 0.000746. The lowest BCUT2D eigenvalue weighted by Gasteiger charge is -2.24. The molecule has 5 nitrogen and oxygen atoms in total. The third-order valence-corrected chi connectivity index (χ3v) is 4.08. The van der Waals surface area contributed by atoms with E-state index in [2.05, 4.69) is 10.3 Å². The number of nitrogen functional groups attached to an aromatic ring is 1. The zero-order valence-corrected chi connectivity index (χ0v) is 13.8. The predicted molar refractivity (Wildman–Crippen MR) is 89.9 cm³/mol. The van der Waals surface area contributed by atoms with Crippen molar-refractivity contribution in [3.05, 3.63) is 17.1 Å². The molecule has 3 N–H and O–H groups in total. The van der Waals surface area contributed by atoms with Crippen molar-refractivity contribution >= 4 is 38.8 Å². The van der Waals surface area contributed by atoms with E-state index in [0.29, 0.717) is 18.8 Å². The number of rotatable bonds is 5. The summed E-state index contributed by atoms with van der Waals surface area (Å²) in [5.41, 5.74) is 8.64. The Morgan fingerprint density at radius 2 is 2.19 bits per heavy atom. The average molecular weight is 306 g/mol.